The molecule has 8 heteroatoms. The van der Waals surface area contributed by atoms with E-state index in [1.165, 1.54) is 12.1 Å². The average Bonchev–Trinajstić information content (AvgIpc) is 2.86. The minimum Gasteiger partial charge on any atom is -0.459 e. The number of halogens is 2. The number of hydrogen-bond acceptors (Lipinski definition) is 6. The molecule has 0 amide bonds. The van der Waals surface area contributed by atoms with E-state index in [1.807, 2.05) is 4.90 Å². The Hall–Kier alpha value is -3.54. The van der Waals surface area contributed by atoms with Crippen molar-refractivity contribution >= 4 is 22.6 Å². The van der Waals surface area contributed by atoms with Crippen molar-refractivity contribution in [2.45, 2.75) is 31.6 Å². The molecule has 1 saturated heterocycles. The average molecular weight is 519 g/mol. The summed E-state index contributed by atoms with van der Waals surface area (Å²) in [5, 5.41) is 21.2. The standard InChI is InChI=1S/C29H24ClFN2O4/c1-29(36)10-11-33(17-28(29)35)16-22-14-26(34)23-12-18(3-9-27(23)37-22)2-8-25-24(31)13-20(15-32-25)19-4-6-21(30)7-5-19/h3-7,9,12-15,28,35-36H,10-11,16-17H2,1H3/t28?,29-/m1/s1. The maximum atomic E-state index is 14.6. The second kappa shape index (κ2) is 10.1. The molecular formula is C29H24ClFN2O4. The fraction of sp³-hybridized carbons (Fsp3) is 0.241. The molecule has 188 valence electrons. The first-order chi connectivity index (χ1) is 17.7. The Labute approximate surface area is 218 Å². The highest BCUT2D eigenvalue weighted by atomic mass is 35.5. The highest BCUT2D eigenvalue weighted by molar-refractivity contribution is 6.30. The number of likely N-dealkylation sites (tertiary alicyclic amines) is 1. The molecule has 0 aliphatic carbocycles. The number of aliphatic hydroxyl groups excluding tert-OH is 1. The number of hydrogen-bond donors (Lipinski definition) is 2. The lowest BCUT2D eigenvalue weighted by atomic mass is 9.91. The number of rotatable bonds is 3. The third kappa shape index (κ3) is 5.58. The van der Waals surface area contributed by atoms with Gasteiger partial charge in [-0.1, -0.05) is 29.7 Å². The Morgan fingerprint density at radius 1 is 1.16 bits per heavy atom. The maximum Gasteiger partial charge on any atom is 0.193 e. The van der Waals surface area contributed by atoms with Gasteiger partial charge in [-0.15, -0.1) is 0 Å². The van der Waals surface area contributed by atoms with Crippen LogP contribution in [-0.2, 0) is 6.54 Å². The molecule has 37 heavy (non-hydrogen) atoms. The zero-order chi connectivity index (χ0) is 26.2. The third-order valence-corrected chi connectivity index (χ3v) is 6.84. The van der Waals surface area contributed by atoms with Gasteiger partial charge in [0.15, 0.2) is 11.2 Å². The monoisotopic (exact) mass is 518 g/mol. The number of benzene rings is 2. The van der Waals surface area contributed by atoms with E-state index in [0.717, 1.165) is 5.56 Å². The Balaban J connectivity index is 1.34. The van der Waals surface area contributed by atoms with Gasteiger partial charge < -0.3 is 14.6 Å². The van der Waals surface area contributed by atoms with Gasteiger partial charge >= 0.3 is 0 Å². The fourth-order valence-electron chi connectivity index (χ4n) is 4.27. The van der Waals surface area contributed by atoms with E-state index < -0.39 is 17.5 Å². The molecule has 4 aromatic rings. The highest BCUT2D eigenvalue weighted by Crippen LogP contribution is 2.24. The first-order valence-electron chi connectivity index (χ1n) is 11.8. The predicted octanol–water partition coefficient (Wildman–Crippen LogP) is 4.36. The third-order valence-electron chi connectivity index (χ3n) is 6.58. The number of nitrogens with zero attached hydrogens (tertiary/aromatic N) is 2. The summed E-state index contributed by atoms with van der Waals surface area (Å²) in [6.45, 7) is 2.82. The second-order valence-corrected chi connectivity index (χ2v) is 9.89. The van der Waals surface area contributed by atoms with Gasteiger partial charge in [0.1, 0.15) is 17.0 Å². The molecule has 2 aromatic carbocycles. The summed E-state index contributed by atoms with van der Waals surface area (Å²) in [6, 6.07) is 14.8. The van der Waals surface area contributed by atoms with Crippen LogP contribution in [0.3, 0.4) is 0 Å². The lowest BCUT2D eigenvalue weighted by Gasteiger charge is -2.39. The zero-order valence-corrected chi connectivity index (χ0v) is 20.8. The number of piperidine rings is 1. The van der Waals surface area contributed by atoms with Crippen LogP contribution < -0.4 is 5.43 Å². The van der Waals surface area contributed by atoms with Crippen molar-refractivity contribution in [3.05, 3.63) is 98.9 Å². The Morgan fingerprint density at radius 3 is 2.68 bits per heavy atom. The summed E-state index contributed by atoms with van der Waals surface area (Å²) in [4.78, 5) is 18.9. The summed E-state index contributed by atoms with van der Waals surface area (Å²) >= 11 is 5.91. The van der Waals surface area contributed by atoms with Crippen molar-refractivity contribution in [3.63, 3.8) is 0 Å². The molecule has 1 aliphatic heterocycles. The van der Waals surface area contributed by atoms with Gasteiger partial charge in [0.05, 0.1) is 23.6 Å². The molecule has 1 fully saturated rings. The molecule has 0 spiro atoms. The summed E-state index contributed by atoms with van der Waals surface area (Å²) in [5.41, 5.74) is 1.01. The lowest BCUT2D eigenvalue weighted by molar-refractivity contribution is -0.109. The van der Waals surface area contributed by atoms with Crippen LogP contribution in [0, 0.1) is 17.7 Å². The van der Waals surface area contributed by atoms with E-state index in [-0.39, 0.29) is 17.7 Å². The van der Waals surface area contributed by atoms with Gasteiger partial charge in [0.2, 0.25) is 0 Å². The van der Waals surface area contributed by atoms with E-state index >= 15 is 0 Å². The van der Waals surface area contributed by atoms with Crippen LogP contribution in [0.15, 0.2) is 70.0 Å². The molecule has 0 saturated carbocycles. The van der Waals surface area contributed by atoms with Crippen molar-refractivity contribution in [1.29, 1.82) is 0 Å². The SMILES string of the molecule is C[C@@]1(O)CCN(Cc2cc(=O)c3cc(C#Cc4ncc(-c5ccc(Cl)cc5)cc4F)ccc3o2)CC1O. The van der Waals surface area contributed by atoms with Crippen LogP contribution in [0.5, 0.6) is 0 Å². The zero-order valence-electron chi connectivity index (χ0n) is 20.0. The van der Waals surface area contributed by atoms with Crippen molar-refractivity contribution in [3.8, 4) is 23.0 Å². The van der Waals surface area contributed by atoms with Crippen molar-refractivity contribution in [2.75, 3.05) is 13.1 Å². The van der Waals surface area contributed by atoms with Crippen molar-refractivity contribution in [2.24, 2.45) is 0 Å². The van der Waals surface area contributed by atoms with Crippen molar-refractivity contribution < 1.29 is 19.0 Å². The molecule has 5 rings (SSSR count). The number of fused-ring (bicyclic) bond motifs is 1. The Morgan fingerprint density at radius 2 is 1.95 bits per heavy atom. The number of aromatic nitrogens is 1. The maximum absolute atomic E-state index is 14.6. The summed E-state index contributed by atoms with van der Waals surface area (Å²) in [7, 11) is 0. The van der Waals surface area contributed by atoms with Crippen LogP contribution >= 0.6 is 11.6 Å². The van der Waals surface area contributed by atoms with E-state index in [9.17, 15) is 19.4 Å². The molecular weight excluding hydrogens is 495 g/mol. The first-order valence-corrected chi connectivity index (χ1v) is 12.2. The molecule has 2 N–H and O–H groups in total. The van der Waals surface area contributed by atoms with Gasteiger partial charge in [0, 0.05) is 41.5 Å². The summed E-state index contributed by atoms with van der Waals surface area (Å²) in [5.74, 6) is 5.53. The molecule has 1 unspecified atom stereocenters. The minimum atomic E-state index is -1.12. The number of β-amino-alcohol motifs (C(OH)–C–C–N with tert-alkyl or cyclic N) is 1. The van der Waals surface area contributed by atoms with Crippen LogP contribution in [0.4, 0.5) is 4.39 Å². The van der Waals surface area contributed by atoms with Gasteiger partial charge in [-0.3, -0.25) is 9.69 Å². The van der Waals surface area contributed by atoms with Crippen LogP contribution in [-0.4, -0.2) is 44.9 Å². The normalized spacial score (nSPS) is 20.0. The Kier molecular flexibility index (Phi) is 6.84. The van der Waals surface area contributed by atoms with Gasteiger partial charge in [-0.2, -0.15) is 0 Å². The molecule has 6 nitrogen and oxygen atoms in total. The van der Waals surface area contributed by atoms with Crippen LogP contribution in [0.2, 0.25) is 5.02 Å². The van der Waals surface area contributed by atoms with Crippen LogP contribution in [0.25, 0.3) is 22.1 Å². The van der Waals surface area contributed by atoms with Crippen molar-refractivity contribution in [1.82, 2.24) is 9.88 Å². The molecule has 2 atom stereocenters. The lowest BCUT2D eigenvalue weighted by Crippen LogP contribution is -2.53. The van der Waals surface area contributed by atoms with E-state index in [2.05, 4.69) is 16.8 Å². The quantitative estimate of drug-likeness (QED) is 0.392. The molecule has 3 heterocycles. The van der Waals surface area contributed by atoms with E-state index in [4.69, 9.17) is 16.0 Å². The Bertz CT molecular complexity index is 1590. The molecule has 0 bridgehead atoms. The van der Waals surface area contributed by atoms with Crippen LogP contribution in [0.1, 0.15) is 30.4 Å². The number of aliphatic hydroxyl groups is 2. The summed E-state index contributed by atoms with van der Waals surface area (Å²) in [6.07, 6.45) is 1.10. The topological polar surface area (TPSA) is 86.8 Å². The summed E-state index contributed by atoms with van der Waals surface area (Å²) < 4.78 is 20.6. The molecule has 1 aliphatic rings. The fourth-order valence-corrected chi connectivity index (χ4v) is 4.40. The predicted molar refractivity (Wildman–Crippen MR) is 140 cm³/mol. The highest BCUT2D eigenvalue weighted by Gasteiger charge is 2.36. The number of pyridine rings is 1. The largest absolute Gasteiger partial charge is 0.459 e. The first kappa shape index (κ1) is 25.1. The second-order valence-electron chi connectivity index (χ2n) is 9.46. The minimum absolute atomic E-state index is 0.00268. The molecule has 0 radical (unpaired) electrons. The van der Waals surface area contributed by atoms with E-state index in [1.54, 1.807) is 55.6 Å². The van der Waals surface area contributed by atoms with E-state index in [0.29, 0.717) is 52.4 Å². The smallest absolute Gasteiger partial charge is 0.193 e. The van der Waals surface area contributed by atoms with Gasteiger partial charge in [-0.05, 0) is 61.2 Å². The van der Waals surface area contributed by atoms with Gasteiger partial charge in [0.25, 0.3) is 0 Å². The molecule has 2 aromatic heterocycles. The van der Waals surface area contributed by atoms with Gasteiger partial charge in [-0.25, -0.2) is 9.37 Å².